The van der Waals surface area contributed by atoms with Crippen LogP contribution in [-0.2, 0) is 4.79 Å². The molecule has 32 heavy (non-hydrogen) atoms. The molecule has 1 aliphatic heterocycles. The van der Waals surface area contributed by atoms with E-state index in [1.54, 1.807) is 23.3 Å². The van der Waals surface area contributed by atoms with Crippen molar-refractivity contribution in [2.24, 2.45) is 5.41 Å². The Morgan fingerprint density at radius 3 is 2.66 bits per heavy atom. The van der Waals surface area contributed by atoms with Gasteiger partial charge in [-0.15, -0.1) is 5.10 Å². The summed E-state index contributed by atoms with van der Waals surface area (Å²) in [7, 11) is 0. The van der Waals surface area contributed by atoms with Gasteiger partial charge in [-0.05, 0) is 32.9 Å². The highest BCUT2D eigenvalue weighted by molar-refractivity contribution is 5.83. The molecule has 0 radical (unpaired) electrons. The Labute approximate surface area is 184 Å². The van der Waals surface area contributed by atoms with Gasteiger partial charge in [-0.3, -0.25) is 9.89 Å². The number of piperazine rings is 1. The Kier molecular flexibility index (Phi) is 5.59. The van der Waals surface area contributed by atoms with Gasteiger partial charge in [0.1, 0.15) is 5.52 Å². The second-order valence-electron chi connectivity index (χ2n) is 8.48. The minimum absolute atomic E-state index is 0.0660. The number of amides is 2. The predicted molar refractivity (Wildman–Crippen MR) is 118 cm³/mol. The molecular weight excluding hydrogens is 414 g/mol. The van der Waals surface area contributed by atoms with Crippen molar-refractivity contribution in [1.82, 2.24) is 35.0 Å². The first-order valence-electron chi connectivity index (χ1n) is 10.4. The SMILES string of the molecule is Cc1cc(Nc2nc(N3CCN(C(=O)C(C)(C)CNC(=O)O)CC3)nn3cccc23)n[nH]1. The van der Waals surface area contributed by atoms with E-state index in [9.17, 15) is 9.59 Å². The van der Waals surface area contributed by atoms with Crippen LogP contribution in [-0.4, -0.2) is 79.5 Å². The number of carbonyl (C=O) groups excluding carboxylic acids is 1. The second-order valence-corrected chi connectivity index (χ2v) is 8.48. The Balaban J connectivity index is 1.47. The normalized spacial score (nSPS) is 14.6. The van der Waals surface area contributed by atoms with Crippen molar-refractivity contribution < 1.29 is 14.7 Å². The standard InChI is InChI=1S/C20H27N9O3/c1-13-11-15(25-24-13)22-16-14-5-4-6-29(14)26-18(23-16)28-9-7-27(8-10-28)17(30)20(2,3)12-21-19(31)32/h4-6,11,21H,7-10,12H2,1-3H3,(H,31,32)(H2,22,23,24,25,26). The Hall–Kier alpha value is -3.83. The lowest BCUT2D eigenvalue weighted by molar-refractivity contribution is -0.140. The molecule has 4 rings (SSSR count). The van der Waals surface area contributed by atoms with E-state index in [1.165, 1.54) is 0 Å². The molecule has 1 saturated heterocycles. The first-order chi connectivity index (χ1) is 15.2. The van der Waals surface area contributed by atoms with Gasteiger partial charge in [0.25, 0.3) is 0 Å². The zero-order valence-corrected chi connectivity index (χ0v) is 18.3. The molecule has 170 valence electrons. The van der Waals surface area contributed by atoms with Gasteiger partial charge in [0.05, 0.1) is 5.41 Å². The monoisotopic (exact) mass is 441 g/mol. The lowest BCUT2D eigenvalue weighted by Crippen LogP contribution is -2.54. The van der Waals surface area contributed by atoms with Gasteiger partial charge in [-0.1, -0.05) is 0 Å². The largest absolute Gasteiger partial charge is 0.465 e. The van der Waals surface area contributed by atoms with Crippen LogP contribution in [0.4, 0.5) is 22.4 Å². The number of hydrogen-bond acceptors (Lipinski definition) is 7. The molecule has 0 bridgehead atoms. The molecule has 3 aromatic heterocycles. The summed E-state index contributed by atoms with van der Waals surface area (Å²) in [6.45, 7) is 7.63. The molecule has 0 unspecified atom stereocenters. The lowest BCUT2D eigenvalue weighted by Gasteiger charge is -2.38. The van der Waals surface area contributed by atoms with Crippen LogP contribution in [0.2, 0.25) is 0 Å². The summed E-state index contributed by atoms with van der Waals surface area (Å²) in [5.74, 6) is 1.79. The lowest BCUT2D eigenvalue weighted by atomic mass is 9.91. The highest BCUT2D eigenvalue weighted by atomic mass is 16.4. The first-order valence-corrected chi connectivity index (χ1v) is 10.4. The van der Waals surface area contributed by atoms with Crippen LogP contribution < -0.4 is 15.5 Å². The van der Waals surface area contributed by atoms with Crippen molar-refractivity contribution in [3.63, 3.8) is 0 Å². The number of nitrogens with zero attached hydrogens (tertiary/aromatic N) is 6. The summed E-state index contributed by atoms with van der Waals surface area (Å²) in [4.78, 5) is 32.2. The fraction of sp³-hybridized carbons (Fsp3) is 0.450. The number of carboxylic acid groups (broad SMARTS) is 1. The molecule has 0 saturated carbocycles. The number of fused-ring (bicyclic) bond motifs is 1. The number of hydrogen-bond donors (Lipinski definition) is 4. The summed E-state index contributed by atoms with van der Waals surface area (Å²) < 4.78 is 1.77. The highest BCUT2D eigenvalue weighted by Crippen LogP contribution is 2.24. The van der Waals surface area contributed by atoms with Crippen molar-refractivity contribution in [2.75, 3.05) is 42.9 Å². The molecule has 1 fully saturated rings. The molecule has 4 N–H and O–H groups in total. The maximum Gasteiger partial charge on any atom is 0.404 e. The second kappa shape index (κ2) is 8.36. The van der Waals surface area contributed by atoms with Crippen LogP contribution in [0, 0.1) is 12.3 Å². The fourth-order valence-electron chi connectivity index (χ4n) is 3.66. The third-order valence-electron chi connectivity index (χ3n) is 5.44. The number of aromatic nitrogens is 5. The van der Waals surface area contributed by atoms with Gasteiger partial charge in [0.2, 0.25) is 11.9 Å². The summed E-state index contributed by atoms with van der Waals surface area (Å²) >= 11 is 0. The summed E-state index contributed by atoms with van der Waals surface area (Å²) in [5, 5.41) is 26.1. The molecule has 3 aromatic rings. The third-order valence-corrected chi connectivity index (χ3v) is 5.44. The van der Waals surface area contributed by atoms with E-state index in [2.05, 4.69) is 25.9 Å². The molecule has 0 aliphatic carbocycles. The van der Waals surface area contributed by atoms with Gasteiger partial charge in [0.15, 0.2) is 11.6 Å². The van der Waals surface area contributed by atoms with E-state index in [0.29, 0.717) is 43.8 Å². The van der Waals surface area contributed by atoms with Crippen molar-refractivity contribution in [3.05, 3.63) is 30.1 Å². The molecule has 12 heteroatoms. The van der Waals surface area contributed by atoms with E-state index >= 15 is 0 Å². The van der Waals surface area contributed by atoms with E-state index in [0.717, 1.165) is 11.2 Å². The maximum atomic E-state index is 12.9. The average Bonchev–Trinajstić information content (AvgIpc) is 3.40. The van der Waals surface area contributed by atoms with Gasteiger partial charge >= 0.3 is 6.09 Å². The quantitative estimate of drug-likeness (QED) is 0.450. The summed E-state index contributed by atoms with van der Waals surface area (Å²) in [6.07, 6.45) is 0.724. The minimum atomic E-state index is -1.14. The van der Waals surface area contributed by atoms with Crippen LogP contribution in [0.5, 0.6) is 0 Å². The maximum absolute atomic E-state index is 12.9. The molecule has 0 atom stereocenters. The number of aromatic amines is 1. The molecule has 0 aromatic carbocycles. The number of aryl methyl sites for hydroxylation is 1. The Bertz CT molecular complexity index is 1130. The van der Waals surface area contributed by atoms with Crippen molar-refractivity contribution >= 4 is 35.1 Å². The van der Waals surface area contributed by atoms with Crippen LogP contribution >= 0.6 is 0 Å². The predicted octanol–water partition coefficient (Wildman–Crippen LogP) is 1.45. The van der Waals surface area contributed by atoms with Crippen LogP contribution in [0.1, 0.15) is 19.5 Å². The Morgan fingerprint density at radius 1 is 1.25 bits per heavy atom. The van der Waals surface area contributed by atoms with E-state index in [1.807, 2.05) is 36.2 Å². The molecular formula is C20H27N9O3. The molecule has 12 nitrogen and oxygen atoms in total. The van der Waals surface area contributed by atoms with E-state index in [4.69, 9.17) is 10.1 Å². The van der Waals surface area contributed by atoms with E-state index in [-0.39, 0.29) is 12.5 Å². The summed E-state index contributed by atoms with van der Waals surface area (Å²) in [5.41, 5.74) is 0.950. The average molecular weight is 441 g/mol. The van der Waals surface area contributed by atoms with Crippen molar-refractivity contribution in [1.29, 1.82) is 0 Å². The number of anilines is 3. The molecule has 0 spiro atoms. The van der Waals surface area contributed by atoms with Gasteiger partial charge in [0, 0.05) is 50.7 Å². The summed E-state index contributed by atoms with van der Waals surface area (Å²) in [6, 6.07) is 5.72. The zero-order valence-electron chi connectivity index (χ0n) is 18.3. The van der Waals surface area contributed by atoms with Crippen molar-refractivity contribution in [2.45, 2.75) is 20.8 Å². The van der Waals surface area contributed by atoms with E-state index < -0.39 is 11.5 Å². The molecule has 1 aliphatic rings. The number of carbonyl (C=O) groups is 2. The van der Waals surface area contributed by atoms with Gasteiger partial charge in [-0.25, -0.2) is 9.31 Å². The van der Waals surface area contributed by atoms with Crippen LogP contribution in [0.3, 0.4) is 0 Å². The van der Waals surface area contributed by atoms with Gasteiger partial charge in [-0.2, -0.15) is 10.1 Å². The molecule has 4 heterocycles. The number of nitrogens with one attached hydrogen (secondary N) is 3. The van der Waals surface area contributed by atoms with Gasteiger partial charge < -0.3 is 25.5 Å². The highest BCUT2D eigenvalue weighted by Gasteiger charge is 2.34. The fourth-order valence-corrected chi connectivity index (χ4v) is 3.66. The smallest absolute Gasteiger partial charge is 0.404 e. The van der Waals surface area contributed by atoms with Crippen LogP contribution in [0.15, 0.2) is 24.4 Å². The van der Waals surface area contributed by atoms with Crippen LogP contribution in [0.25, 0.3) is 5.52 Å². The molecule has 2 amide bonds. The number of rotatable bonds is 6. The Morgan fingerprint density at radius 2 is 2.00 bits per heavy atom. The first kappa shape index (κ1) is 21.4. The number of H-pyrrole nitrogens is 1. The topological polar surface area (TPSA) is 144 Å². The minimum Gasteiger partial charge on any atom is -0.465 e. The van der Waals surface area contributed by atoms with Crippen molar-refractivity contribution in [3.8, 4) is 0 Å². The third kappa shape index (κ3) is 4.43. The zero-order chi connectivity index (χ0) is 22.9.